The van der Waals surface area contributed by atoms with Gasteiger partial charge in [0, 0.05) is 42.1 Å². The van der Waals surface area contributed by atoms with E-state index in [1.807, 2.05) is 41.3 Å². The maximum absolute atomic E-state index is 13.6. The molecule has 2 N–H and O–H groups in total. The predicted molar refractivity (Wildman–Crippen MR) is 145 cm³/mol. The summed E-state index contributed by atoms with van der Waals surface area (Å²) in [6.45, 7) is 3.01. The first-order valence-electron chi connectivity index (χ1n) is 13.1. The van der Waals surface area contributed by atoms with Gasteiger partial charge in [-0.05, 0) is 54.8 Å². The number of hydrogen-bond donors (Lipinski definition) is 1. The number of aromatic nitrogens is 3. The Morgan fingerprint density at radius 1 is 1.08 bits per heavy atom. The fourth-order valence-electron chi connectivity index (χ4n) is 5.84. The average molecular weight is 510 g/mol. The Hall–Kier alpha value is -4.17. The lowest BCUT2D eigenvalue weighted by atomic mass is 10.0. The summed E-state index contributed by atoms with van der Waals surface area (Å²) < 4.78 is 24.0. The molecule has 7 nitrogen and oxygen atoms in total. The number of carbonyl (C=O) groups excluding carboxylic acids is 1. The number of likely N-dealkylation sites (tertiary alicyclic amines) is 1. The summed E-state index contributed by atoms with van der Waals surface area (Å²) in [6, 6.07) is 20.7. The average Bonchev–Trinajstić information content (AvgIpc) is 3.49. The second-order valence-electron chi connectivity index (χ2n) is 10.2. The van der Waals surface area contributed by atoms with E-state index >= 15 is 0 Å². The number of benzene rings is 3. The van der Waals surface area contributed by atoms with Gasteiger partial charge in [0.25, 0.3) is 5.91 Å². The molecule has 3 aromatic carbocycles. The van der Waals surface area contributed by atoms with Crippen LogP contribution in [0.4, 0.5) is 4.39 Å². The second kappa shape index (κ2) is 8.99. The topological polar surface area (TPSA) is 78.3 Å². The molecule has 2 aliphatic heterocycles. The van der Waals surface area contributed by atoms with Gasteiger partial charge in [-0.3, -0.25) is 4.79 Å². The molecule has 38 heavy (non-hydrogen) atoms. The minimum atomic E-state index is -0.250. The highest BCUT2D eigenvalue weighted by molar-refractivity contribution is 6.00. The first-order chi connectivity index (χ1) is 18.5. The van der Waals surface area contributed by atoms with E-state index in [2.05, 4.69) is 27.3 Å². The zero-order chi connectivity index (χ0) is 25.8. The molecule has 0 saturated carbocycles. The van der Waals surface area contributed by atoms with Crippen LogP contribution in [-0.4, -0.2) is 50.7 Å². The summed E-state index contributed by atoms with van der Waals surface area (Å²) in [4.78, 5) is 20.3. The van der Waals surface area contributed by atoms with Gasteiger partial charge in [0.15, 0.2) is 5.82 Å². The van der Waals surface area contributed by atoms with Gasteiger partial charge in [-0.2, -0.15) is 0 Å². The van der Waals surface area contributed by atoms with Crippen molar-refractivity contribution in [2.75, 3.05) is 19.7 Å². The number of amides is 1. The lowest BCUT2D eigenvalue weighted by molar-refractivity contribution is 0.0708. The normalized spacial score (nSPS) is 17.2. The third-order valence-electron chi connectivity index (χ3n) is 7.66. The van der Waals surface area contributed by atoms with Crippen molar-refractivity contribution in [1.82, 2.24) is 19.0 Å². The summed E-state index contributed by atoms with van der Waals surface area (Å²) >= 11 is 0. The number of rotatable bonds is 4. The standard InChI is InChI=1S/C30H28FN5O2/c31-22-9-7-19(8-10-22)17-36-25-6-2-1-4-20(25)15-26(36)29-33-24-14-21(16-27-28(24)35(29)12-13-38-27)30(37)34-11-3-5-23(32)18-34/h1-2,4,6-10,14-16,23H,3,5,11-13,17-18,32H2/t23-/m1/s1. The van der Waals surface area contributed by atoms with Crippen molar-refractivity contribution in [3.63, 3.8) is 0 Å². The highest BCUT2D eigenvalue weighted by atomic mass is 19.1. The first-order valence-corrected chi connectivity index (χ1v) is 13.1. The molecule has 0 radical (unpaired) electrons. The minimum Gasteiger partial charge on any atom is -0.489 e. The van der Waals surface area contributed by atoms with Crippen LogP contribution in [0.1, 0.15) is 28.8 Å². The molecule has 1 saturated heterocycles. The van der Waals surface area contributed by atoms with Crippen molar-refractivity contribution in [2.45, 2.75) is 32.0 Å². The second-order valence-corrected chi connectivity index (χ2v) is 10.2. The number of halogens is 1. The Bertz CT molecular complexity index is 1690. The monoisotopic (exact) mass is 509 g/mol. The summed E-state index contributed by atoms with van der Waals surface area (Å²) in [5.41, 5.74) is 11.4. The van der Waals surface area contributed by atoms with Crippen molar-refractivity contribution in [3.05, 3.63) is 83.7 Å². The molecule has 1 fully saturated rings. The molecular weight excluding hydrogens is 481 g/mol. The molecule has 192 valence electrons. The lowest BCUT2D eigenvalue weighted by Gasteiger charge is -2.31. The molecule has 0 aliphatic carbocycles. The number of piperidine rings is 1. The predicted octanol–water partition coefficient (Wildman–Crippen LogP) is 4.80. The number of imidazole rings is 1. The fourth-order valence-corrected chi connectivity index (χ4v) is 5.84. The molecule has 8 heteroatoms. The lowest BCUT2D eigenvalue weighted by Crippen LogP contribution is -2.45. The number of hydrogen-bond acceptors (Lipinski definition) is 4. The molecule has 0 unspecified atom stereocenters. The summed E-state index contributed by atoms with van der Waals surface area (Å²) in [6.07, 6.45) is 1.85. The van der Waals surface area contributed by atoms with Crippen molar-refractivity contribution in [2.24, 2.45) is 5.73 Å². The summed E-state index contributed by atoms with van der Waals surface area (Å²) in [5.74, 6) is 1.22. The van der Waals surface area contributed by atoms with E-state index in [1.165, 1.54) is 12.1 Å². The quantitative estimate of drug-likeness (QED) is 0.378. The van der Waals surface area contributed by atoms with E-state index in [1.54, 1.807) is 0 Å². The van der Waals surface area contributed by atoms with Crippen LogP contribution in [0, 0.1) is 5.82 Å². The maximum Gasteiger partial charge on any atom is 0.254 e. The Morgan fingerprint density at radius 3 is 2.76 bits per heavy atom. The van der Waals surface area contributed by atoms with Crippen molar-refractivity contribution < 1.29 is 13.9 Å². The Morgan fingerprint density at radius 2 is 1.92 bits per heavy atom. The third kappa shape index (κ3) is 3.83. The molecule has 1 amide bonds. The van der Waals surface area contributed by atoms with E-state index in [9.17, 15) is 9.18 Å². The summed E-state index contributed by atoms with van der Waals surface area (Å²) in [5, 5.41) is 1.11. The van der Waals surface area contributed by atoms with Crippen LogP contribution in [0.15, 0.2) is 66.7 Å². The van der Waals surface area contributed by atoms with E-state index in [0.29, 0.717) is 44.1 Å². The zero-order valence-corrected chi connectivity index (χ0v) is 20.9. The molecule has 2 aromatic heterocycles. The Balaban J connectivity index is 1.36. The summed E-state index contributed by atoms with van der Waals surface area (Å²) in [7, 11) is 0. The van der Waals surface area contributed by atoms with Crippen molar-refractivity contribution in [3.8, 4) is 17.3 Å². The van der Waals surface area contributed by atoms with Gasteiger partial charge in [0.1, 0.15) is 23.7 Å². The molecule has 7 rings (SSSR count). The van der Waals surface area contributed by atoms with Crippen LogP contribution in [-0.2, 0) is 13.1 Å². The van der Waals surface area contributed by atoms with Crippen molar-refractivity contribution in [1.29, 1.82) is 0 Å². The van der Waals surface area contributed by atoms with Crippen LogP contribution in [0.5, 0.6) is 5.75 Å². The molecule has 4 heterocycles. The molecular formula is C30H28FN5O2. The number of nitrogens with zero attached hydrogens (tertiary/aromatic N) is 4. The third-order valence-corrected chi connectivity index (χ3v) is 7.66. The van der Waals surface area contributed by atoms with Gasteiger partial charge >= 0.3 is 0 Å². The Kier molecular flexibility index (Phi) is 5.44. The fraction of sp³-hybridized carbons (Fsp3) is 0.267. The number of para-hydroxylation sites is 1. The van der Waals surface area contributed by atoms with Gasteiger partial charge in [0.05, 0.1) is 17.8 Å². The van der Waals surface area contributed by atoms with Gasteiger partial charge in [0.2, 0.25) is 0 Å². The Labute approximate surface area is 219 Å². The SMILES string of the molecule is N[C@@H]1CCCN(C(=O)c2cc3c4c(c2)nc(-c2cc5ccccc5n2Cc2ccc(F)cc2)n4CCO3)C1. The van der Waals surface area contributed by atoms with Crippen LogP contribution in [0.3, 0.4) is 0 Å². The largest absolute Gasteiger partial charge is 0.489 e. The maximum atomic E-state index is 13.6. The molecule has 0 spiro atoms. The van der Waals surface area contributed by atoms with Crippen LogP contribution in [0.25, 0.3) is 33.5 Å². The molecule has 5 aromatic rings. The number of fused-ring (bicyclic) bond motifs is 1. The van der Waals surface area contributed by atoms with E-state index in [0.717, 1.165) is 51.9 Å². The number of nitrogens with two attached hydrogens (primary N) is 1. The van der Waals surface area contributed by atoms with E-state index < -0.39 is 0 Å². The van der Waals surface area contributed by atoms with Gasteiger partial charge < -0.3 is 24.5 Å². The highest BCUT2D eigenvalue weighted by Gasteiger charge is 2.27. The first kappa shape index (κ1) is 23.0. The van der Waals surface area contributed by atoms with Gasteiger partial charge in [-0.15, -0.1) is 0 Å². The molecule has 1 atom stereocenters. The van der Waals surface area contributed by atoms with Crippen molar-refractivity contribution >= 4 is 27.8 Å². The van der Waals surface area contributed by atoms with Gasteiger partial charge in [-0.1, -0.05) is 30.3 Å². The van der Waals surface area contributed by atoms with E-state index in [-0.39, 0.29) is 17.8 Å². The number of carbonyl (C=O) groups is 1. The molecule has 0 bridgehead atoms. The van der Waals surface area contributed by atoms with Crippen LogP contribution in [0.2, 0.25) is 0 Å². The highest BCUT2D eigenvalue weighted by Crippen LogP contribution is 2.37. The van der Waals surface area contributed by atoms with Crippen LogP contribution >= 0.6 is 0 Å². The van der Waals surface area contributed by atoms with Gasteiger partial charge in [-0.25, -0.2) is 9.37 Å². The number of ether oxygens (including phenoxy) is 1. The minimum absolute atomic E-state index is 0.0138. The molecule has 2 aliphatic rings. The zero-order valence-electron chi connectivity index (χ0n) is 20.9. The van der Waals surface area contributed by atoms with Crippen LogP contribution < -0.4 is 10.5 Å². The smallest absolute Gasteiger partial charge is 0.254 e. The van der Waals surface area contributed by atoms with E-state index in [4.69, 9.17) is 15.5 Å².